The Morgan fingerprint density at radius 2 is 1.79 bits per heavy atom. The van der Waals surface area contributed by atoms with E-state index < -0.39 is 100 Å². The highest BCUT2D eigenvalue weighted by atomic mass is 31.2. The summed E-state index contributed by atoms with van der Waals surface area (Å²) >= 11 is 0. The van der Waals surface area contributed by atoms with Crippen molar-refractivity contribution in [2.24, 2.45) is 4.99 Å². The average Bonchev–Trinajstić information content (AvgIpc) is 3.35. The number of rotatable bonds is 19. The van der Waals surface area contributed by atoms with Crippen LogP contribution in [-0.2, 0) is 39.1 Å². The van der Waals surface area contributed by atoms with E-state index in [0.717, 1.165) is 0 Å². The van der Waals surface area contributed by atoms with Crippen molar-refractivity contribution in [3.8, 4) is 0 Å². The van der Waals surface area contributed by atoms with Crippen molar-refractivity contribution in [1.29, 1.82) is 0 Å². The zero-order valence-electron chi connectivity index (χ0n) is 28.4. The van der Waals surface area contributed by atoms with Crippen LogP contribution in [0.1, 0.15) is 32.3 Å². The lowest BCUT2D eigenvalue weighted by molar-refractivity contribution is -0.192. The topological polar surface area (TPSA) is 358 Å². The first-order valence-corrected chi connectivity index (χ1v) is 17.7. The van der Waals surface area contributed by atoms with E-state index in [0.29, 0.717) is 17.0 Å². The quantitative estimate of drug-likeness (QED) is 0.0706. The number of H-pyrrole nitrogens is 1. The summed E-state index contributed by atoms with van der Waals surface area (Å²) < 4.78 is 32.0. The third-order valence-corrected chi connectivity index (χ3v) is 9.27. The number of carboxylic acid groups (broad SMARTS) is 2. The second-order valence-corrected chi connectivity index (χ2v) is 13.8. The van der Waals surface area contributed by atoms with Crippen molar-refractivity contribution < 1.29 is 73.3 Å². The van der Waals surface area contributed by atoms with Gasteiger partial charge in [-0.05, 0) is 38.0 Å². The van der Waals surface area contributed by atoms with Crippen molar-refractivity contribution in [2.75, 3.05) is 29.6 Å². The summed E-state index contributed by atoms with van der Waals surface area (Å²) in [7, 11) is -5.11. The molecule has 0 amide bonds. The second kappa shape index (κ2) is 17.8. The summed E-state index contributed by atoms with van der Waals surface area (Å²) in [5, 5.41) is 76.4. The van der Waals surface area contributed by atoms with Crippen LogP contribution in [0, 0.1) is 0 Å². The Balaban J connectivity index is 1.23. The summed E-state index contributed by atoms with van der Waals surface area (Å²) in [4.78, 5) is 55.1. The Morgan fingerprint density at radius 3 is 2.43 bits per heavy atom. The summed E-state index contributed by atoms with van der Waals surface area (Å²) in [6.45, 7) is 2.13. The van der Waals surface area contributed by atoms with Gasteiger partial charge in [0.05, 0.1) is 37.1 Å². The lowest BCUT2D eigenvalue weighted by atomic mass is 10.00. The summed E-state index contributed by atoms with van der Waals surface area (Å²) in [6.07, 6.45) is -14.9. The predicted molar refractivity (Wildman–Crippen MR) is 182 cm³/mol. The third-order valence-electron chi connectivity index (χ3n) is 8.27. The van der Waals surface area contributed by atoms with Gasteiger partial charge in [-0.1, -0.05) is 12.1 Å². The summed E-state index contributed by atoms with van der Waals surface area (Å²) in [6, 6.07) is 6.24. The van der Waals surface area contributed by atoms with Gasteiger partial charge < -0.3 is 66.5 Å². The number of aliphatic hydroxyl groups is 5. The van der Waals surface area contributed by atoms with Crippen LogP contribution in [0.15, 0.2) is 34.1 Å². The maximum Gasteiger partial charge on any atom is 0.473 e. The second-order valence-electron chi connectivity index (χ2n) is 12.4. The molecule has 0 radical (unpaired) electrons. The van der Waals surface area contributed by atoms with Crippen LogP contribution in [0.3, 0.4) is 0 Å². The number of aliphatic hydroxyl groups excluding tert-OH is 5. The molecule has 2 aliphatic heterocycles. The fourth-order valence-corrected chi connectivity index (χ4v) is 6.38. The highest BCUT2D eigenvalue weighted by Crippen LogP contribution is 2.46. The number of phosphoric ester groups is 1. The molecular formula is C30H43N6O16P. The molecule has 2 unspecified atom stereocenters. The largest absolute Gasteiger partial charge is 0.481 e. The van der Waals surface area contributed by atoms with E-state index >= 15 is 0 Å². The molecule has 1 fully saturated rings. The van der Waals surface area contributed by atoms with Gasteiger partial charge in [-0.15, -0.1) is 0 Å². The fourth-order valence-electron chi connectivity index (χ4n) is 5.46. The minimum Gasteiger partial charge on any atom is -0.481 e. The van der Waals surface area contributed by atoms with Crippen LogP contribution in [-0.4, -0.2) is 143 Å². The molecule has 22 nitrogen and oxygen atoms in total. The number of nitrogen functional groups attached to an aromatic ring is 1. The van der Waals surface area contributed by atoms with Gasteiger partial charge in [-0.3, -0.25) is 23.6 Å². The number of aliphatic carboxylic acids is 2. The Morgan fingerprint density at radius 1 is 1.11 bits per heavy atom. The van der Waals surface area contributed by atoms with E-state index in [9.17, 15) is 49.4 Å². The number of anilines is 3. The molecule has 4 rings (SSSR count). The van der Waals surface area contributed by atoms with Crippen LogP contribution < -0.4 is 21.9 Å². The Hall–Kier alpha value is -4.06. The lowest BCUT2D eigenvalue weighted by Crippen LogP contribution is -2.43. The molecule has 1 aromatic heterocycles. The van der Waals surface area contributed by atoms with Crippen molar-refractivity contribution >= 4 is 48.6 Å². The molecule has 23 heteroatoms. The fraction of sp³-hybridized carbons (Fsp3) is 0.567. The lowest BCUT2D eigenvalue weighted by Gasteiger charge is -2.28. The molecular weight excluding hydrogens is 731 g/mol. The standard InChI is InChI=1S/C30H43N6O16P/c1-12(21-13(2)33-26-22(34-21)27(44)36-30(31)35-26)32-15-5-3-14(4-6-15)9-16(37)23(41)17(38)10-49-29-25(43)24(42)19(51-29)11-50-53(47,48)52-18(28(45)46)7-8-20(39)40/h3-6,12-13,16-19,23-25,29,32,37-38,41-43H,7-11H2,1-2H3,(H,39,40)(H,45,46)(H,47,48)(H4,31,33,35,36,44)/t12-,13?,16+,17-,18+,19-,23+,24-,25-,29+/m1/s1. The van der Waals surface area contributed by atoms with Crippen molar-refractivity contribution in [2.45, 2.75) is 94.2 Å². The number of aromatic nitrogens is 2. The molecule has 1 saturated heterocycles. The monoisotopic (exact) mass is 774 g/mol. The van der Waals surface area contributed by atoms with Gasteiger partial charge in [-0.2, -0.15) is 4.98 Å². The zero-order valence-corrected chi connectivity index (χ0v) is 29.3. The number of nitrogens with zero attached hydrogens (tertiary/aromatic N) is 2. The maximum atomic E-state index is 12.3. The number of aromatic amines is 1. The minimum atomic E-state index is -5.11. The third kappa shape index (κ3) is 11.2. The van der Waals surface area contributed by atoms with E-state index in [1.54, 1.807) is 24.3 Å². The Kier molecular flexibility index (Phi) is 14.0. The normalized spacial score (nSPS) is 25.1. The molecule has 0 bridgehead atoms. The molecule has 13 N–H and O–H groups in total. The van der Waals surface area contributed by atoms with Crippen LogP contribution in [0.5, 0.6) is 0 Å². The average molecular weight is 775 g/mol. The van der Waals surface area contributed by atoms with Crippen LogP contribution in [0.2, 0.25) is 0 Å². The highest BCUT2D eigenvalue weighted by molar-refractivity contribution is 7.47. The van der Waals surface area contributed by atoms with Gasteiger partial charge in [0.15, 0.2) is 23.9 Å². The number of nitrogens with two attached hydrogens (primary N) is 1. The smallest absolute Gasteiger partial charge is 0.473 e. The molecule has 294 valence electrons. The van der Waals surface area contributed by atoms with Gasteiger partial charge in [0.2, 0.25) is 5.95 Å². The first kappa shape index (κ1) is 41.7. The number of phosphoric acid groups is 1. The molecule has 1 aromatic carbocycles. The maximum absolute atomic E-state index is 12.3. The van der Waals surface area contributed by atoms with Crippen LogP contribution in [0.25, 0.3) is 0 Å². The summed E-state index contributed by atoms with van der Waals surface area (Å²) in [5.74, 6) is -2.83. The first-order valence-electron chi connectivity index (χ1n) is 16.2. The molecule has 2 aliphatic rings. The molecule has 0 saturated carbocycles. The number of ether oxygens (including phenoxy) is 2. The van der Waals surface area contributed by atoms with Gasteiger partial charge in [0.1, 0.15) is 30.5 Å². The number of carboxylic acids is 2. The molecule has 11 atom stereocenters. The number of benzene rings is 1. The van der Waals surface area contributed by atoms with E-state index in [2.05, 4.69) is 34.6 Å². The number of nitrogens with one attached hydrogen (secondary N) is 3. The highest BCUT2D eigenvalue weighted by Gasteiger charge is 2.45. The molecule has 2 aromatic rings. The molecule has 3 heterocycles. The minimum absolute atomic E-state index is 0.0297. The predicted octanol–water partition coefficient (Wildman–Crippen LogP) is -1.72. The van der Waals surface area contributed by atoms with Crippen molar-refractivity contribution in [1.82, 2.24) is 9.97 Å². The molecule has 53 heavy (non-hydrogen) atoms. The van der Waals surface area contributed by atoms with Crippen LogP contribution >= 0.6 is 7.82 Å². The van der Waals surface area contributed by atoms with E-state index in [4.69, 9.17) is 25.4 Å². The van der Waals surface area contributed by atoms with Gasteiger partial charge >= 0.3 is 19.8 Å². The van der Waals surface area contributed by atoms with Gasteiger partial charge in [0.25, 0.3) is 5.56 Å². The first-order chi connectivity index (χ1) is 24.8. The number of aliphatic imine (C=N–C) groups is 1. The van der Waals surface area contributed by atoms with Crippen molar-refractivity contribution in [3.63, 3.8) is 0 Å². The van der Waals surface area contributed by atoms with E-state index in [1.807, 2.05) is 13.8 Å². The Bertz CT molecular complexity index is 1730. The number of hydrogen-bond acceptors (Lipinski definition) is 18. The zero-order chi connectivity index (χ0) is 39.2. The Labute approximate surface area is 300 Å². The van der Waals surface area contributed by atoms with Crippen molar-refractivity contribution in [3.05, 3.63) is 40.2 Å². The SMILES string of the molecule is CC1Nc2nc(N)[nH]c(=O)c2N=C1[C@@H](C)Nc1ccc(C[C@H](O)[C@H](O)[C@H](O)CO[C@H]2O[C@H](COP(=O)(O)O[C@@H](CCC(=O)O)C(=O)O)[C@@H](O)[C@H]2O)cc1. The summed E-state index contributed by atoms with van der Waals surface area (Å²) in [5.41, 5.74) is 7.18. The van der Waals surface area contributed by atoms with E-state index in [-0.39, 0.29) is 36.0 Å². The van der Waals surface area contributed by atoms with E-state index in [1.165, 1.54) is 0 Å². The molecule has 0 aliphatic carbocycles. The van der Waals surface area contributed by atoms with Gasteiger partial charge in [-0.25, -0.2) is 14.4 Å². The molecule has 0 spiro atoms. The van der Waals surface area contributed by atoms with Crippen LogP contribution in [0.4, 0.5) is 23.1 Å². The number of fused-ring (bicyclic) bond motifs is 1. The number of hydrogen-bond donors (Lipinski definition) is 12. The number of carbonyl (C=O) groups is 2. The van der Waals surface area contributed by atoms with Gasteiger partial charge in [0, 0.05) is 18.5 Å².